The van der Waals surface area contributed by atoms with Gasteiger partial charge in [0, 0.05) is 32.0 Å². The largest absolute Gasteiger partial charge is 0.385 e. The Morgan fingerprint density at radius 3 is 2.43 bits per heavy atom. The molecule has 0 aliphatic heterocycles. The minimum Gasteiger partial charge on any atom is -0.385 e. The van der Waals surface area contributed by atoms with E-state index in [4.69, 9.17) is 0 Å². The first-order valence-corrected chi connectivity index (χ1v) is 7.72. The molecule has 2 aromatic rings. The molecule has 0 fully saturated rings. The third kappa shape index (κ3) is 4.82. The molecule has 1 N–H and O–H groups in total. The van der Waals surface area contributed by atoms with Crippen molar-refractivity contribution in [1.29, 1.82) is 0 Å². The van der Waals surface area contributed by atoms with Gasteiger partial charge in [-0.05, 0) is 49.4 Å². The number of benzene rings is 2. The summed E-state index contributed by atoms with van der Waals surface area (Å²) in [6.07, 6.45) is 3.59. The molecule has 0 heterocycles. The van der Waals surface area contributed by atoms with Gasteiger partial charge in [-0.15, -0.1) is 0 Å². The van der Waals surface area contributed by atoms with E-state index in [1.165, 1.54) is 41.8 Å². The average molecular weight is 282 g/mol. The van der Waals surface area contributed by atoms with Crippen molar-refractivity contribution in [3.8, 4) is 0 Å². The Labute approximate surface area is 128 Å². The highest BCUT2D eigenvalue weighted by atomic mass is 15.1. The Morgan fingerprint density at radius 1 is 0.952 bits per heavy atom. The summed E-state index contributed by atoms with van der Waals surface area (Å²) in [6, 6.07) is 17.3. The molecule has 0 amide bonds. The summed E-state index contributed by atoms with van der Waals surface area (Å²) in [5, 5.41) is 3.53. The van der Waals surface area contributed by atoms with Crippen LogP contribution in [0.25, 0.3) is 0 Å². The van der Waals surface area contributed by atoms with Crippen LogP contribution in [0.2, 0.25) is 0 Å². The van der Waals surface area contributed by atoms with E-state index in [-0.39, 0.29) is 0 Å². The molecule has 112 valence electrons. The number of hydrogen-bond acceptors (Lipinski definition) is 2. The van der Waals surface area contributed by atoms with Crippen LogP contribution in [0.5, 0.6) is 0 Å². The van der Waals surface area contributed by atoms with Crippen molar-refractivity contribution in [3.05, 3.63) is 59.7 Å². The first-order chi connectivity index (χ1) is 10.2. The highest BCUT2D eigenvalue weighted by Crippen LogP contribution is 2.22. The van der Waals surface area contributed by atoms with Crippen LogP contribution in [0.15, 0.2) is 48.5 Å². The number of hydrogen-bond donors (Lipinski definition) is 1. The molecule has 0 spiro atoms. The predicted octanol–water partition coefficient (Wildman–Crippen LogP) is 4.50. The van der Waals surface area contributed by atoms with Crippen molar-refractivity contribution >= 4 is 11.4 Å². The standard InChI is InChI=1S/C19H26N2/c1-16-12-13-18(15-19(16)21(2)3)20-14-8-7-11-17-9-5-4-6-10-17/h4-6,9-10,12-13,15,20H,7-8,11,14H2,1-3H3. The first kappa shape index (κ1) is 15.4. The van der Waals surface area contributed by atoms with Gasteiger partial charge in [0.15, 0.2) is 0 Å². The van der Waals surface area contributed by atoms with Crippen LogP contribution in [0.4, 0.5) is 11.4 Å². The van der Waals surface area contributed by atoms with Crippen molar-refractivity contribution in [2.45, 2.75) is 26.2 Å². The Balaban J connectivity index is 1.75. The topological polar surface area (TPSA) is 15.3 Å². The van der Waals surface area contributed by atoms with E-state index in [0.717, 1.165) is 6.54 Å². The highest BCUT2D eigenvalue weighted by Gasteiger charge is 2.02. The van der Waals surface area contributed by atoms with E-state index in [9.17, 15) is 0 Å². The fraction of sp³-hybridized carbons (Fsp3) is 0.368. The van der Waals surface area contributed by atoms with Crippen molar-refractivity contribution < 1.29 is 0 Å². The maximum atomic E-state index is 3.53. The average Bonchev–Trinajstić information content (AvgIpc) is 2.49. The molecule has 0 bridgehead atoms. The molecule has 2 heteroatoms. The zero-order valence-corrected chi connectivity index (χ0v) is 13.4. The third-order valence-electron chi connectivity index (χ3n) is 3.76. The molecule has 0 saturated heterocycles. The smallest absolute Gasteiger partial charge is 0.0411 e. The number of anilines is 2. The molecule has 0 aromatic heterocycles. The maximum absolute atomic E-state index is 3.53. The first-order valence-electron chi connectivity index (χ1n) is 7.72. The number of nitrogens with one attached hydrogen (secondary N) is 1. The van der Waals surface area contributed by atoms with E-state index in [1.807, 2.05) is 0 Å². The molecule has 2 rings (SSSR count). The summed E-state index contributed by atoms with van der Waals surface area (Å²) in [6.45, 7) is 3.18. The number of nitrogens with zero attached hydrogens (tertiary/aromatic N) is 1. The SMILES string of the molecule is Cc1ccc(NCCCCc2ccccc2)cc1N(C)C. The molecule has 2 nitrogen and oxygen atoms in total. The van der Waals surface area contributed by atoms with Crippen LogP contribution >= 0.6 is 0 Å². The fourth-order valence-electron chi connectivity index (χ4n) is 2.53. The second-order valence-corrected chi connectivity index (χ2v) is 5.77. The van der Waals surface area contributed by atoms with E-state index in [0.29, 0.717) is 0 Å². The zero-order chi connectivity index (χ0) is 15.1. The molecule has 21 heavy (non-hydrogen) atoms. The lowest BCUT2D eigenvalue weighted by Crippen LogP contribution is -2.11. The molecule has 0 unspecified atom stereocenters. The molecule has 0 saturated carbocycles. The van der Waals surface area contributed by atoms with E-state index in [2.05, 4.69) is 79.8 Å². The number of unbranched alkanes of at least 4 members (excludes halogenated alkanes) is 1. The van der Waals surface area contributed by atoms with Gasteiger partial charge < -0.3 is 10.2 Å². The van der Waals surface area contributed by atoms with Crippen molar-refractivity contribution in [1.82, 2.24) is 0 Å². The van der Waals surface area contributed by atoms with Gasteiger partial charge in [0.1, 0.15) is 0 Å². The number of rotatable bonds is 7. The Hall–Kier alpha value is -1.96. The second kappa shape index (κ2) is 7.72. The minimum atomic E-state index is 1.03. The van der Waals surface area contributed by atoms with Gasteiger partial charge in [-0.3, -0.25) is 0 Å². The third-order valence-corrected chi connectivity index (χ3v) is 3.76. The summed E-state index contributed by atoms with van der Waals surface area (Å²) in [7, 11) is 4.18. The van der Waals surface area contributed by atoms with Crippen LogP contribution in [0.3, 0.4) is 0 Å². The summed E-state index contributed by atoms with van der Waals surface area (Å²) in [5.74, 6) is 0. The van der Waals surface area contributed by atoms with Crippen molar-refractivity contribution in [3.63, 3.8) is 0 Å². The molecular formula is C19H26N2. The number of aryl methyl sites for hydroxylation is 2. The summed E-state index contributed by atoms with van der Waals surface area (Å²) >= 11 is 0. The van der Waals surface area contributed by atoms with Gasteiger partial charge >= 0.3 is 0 Å². The Kier molecular flexibility index (Phi) is 5.68. The maximum Gasteiger partial charge on any atom is 0.0411 e. The minimum absolute atomic E-state index is 1.03. The molecule has 0 atom stereocenters. The summed E-state index contributed by atoms with van der Waals surface area (Å²) in [4.78, 5) is 2.16. The zero-order valence-electron chi connectivity index (χ0n) is 13.4. The molecule has 0 radical (unpaired) electrons. The molecule has 0 aliphatic rings. The van der Waals surface area contributed by atoms with Gasteiger partial charge in [0.25, 0.3) is 0 Å². The van der Waals surface area contributed by atoms with E-state index >= 15 is 0 Å². The van der Waals surface area contributed by atoms with Crippen molar-refractivity contribution in [2.75, 3.05) is 30.9 Å². The van der Waals surface area contributed by atoms with Gasteiger partial charge in [-0.2, -0.15) is 0 Å². The molecule has 0 aliphatic carbocycles. The fourth-order valence-corrected chi connectivity index (χ4v) is 2.53. The lowest BCUT2D eigenvalue weighted by atomic mass is 10.1. The summed E-state index contributed by atoms with van der Waals surface area (Å²) < 4.78 is 0. The lowest BCUT2D eigenvalue weighted by Gasteiger charge is -2.17. The molecular weight excluding hydrogens is 256 g/mol. The van der Waals surface area contributed by atoms with Crippen LogP contribution in [-0.2, 0) is 6.42 Å². The molecule has 2 aromatic carbocycles. The van der Waals surface area contributed by atoms with Gasteiger partial charge in [0.2, 0.25) is 0 Å². The Morgan fingerprint density at radius 2 is 1.71 bits per heavy atom. The second-order valence-electron chi connectivity index (χ2n) is 5.77. The predicted molar refractivity (Wildman–Crippen MR) is 93.4 cm³/mol. The van der Waals surface area contributed by atoms with Gasteiger partial charge in [0.05, 0.1) is 0 Å². The van der Waals surface area contributed by atoms with Crippen LogP contribution in [0.1, 0.15) is 24.0 Å². The summed E-state index contributed by atoms with van der Waals surface area (Å²) in [5.41, 5.74) is 5.24. The quantitative estimate of drug-likeness (QED) is 0.752. The lowest BCUT2D eigenvalue weighted by molar-refractivity contribution is 0.763. The van der Waals surface area contributed by atoms with Crippen LogP contribution < -0.4 is 10.2 Å². The highest BCUT2D eigenvalue weighted by molar-refractivity contribution is 5.61. The van der Waals surface area contributed by atoms with Gasteiger partial charge in [-0.1, -0.05) is 36.4 Å². The Bertz CT molecular complexity index is 547. The van der Waals surface area contributed by atoms with E-state index < -0.39 is 0 Å². The van der Waals surface area contributed by atoms with Gasteiger partial charge in [-0.25, -0.2) is 0 Å². The van der Waals surface area contributed by atoms with Crippen LogP contribution in [0, 0.1) is 6.92 Å². The monoisotopic (exact) mass is 282 g/mol. The van der Waals surface area contributed by atoms with Crippen molar-refractivity contribution in [2.24, 2.45) is 0 Å². The van der Waals surface area contributed by atoms with E-state index in [1.54, 1.807) is 0 Å². The van der Waals surface area contributed by atoms with Crippen LogP contribution in [-0.4, -0.2) is 20.6 Å². The normalized spacial score (nSPS) is 10.4.